The van der Waals surface area contributed by atoms with Crippen molar-refractivity contribution in [2.75, 3.05) is 5.75 Å². The maximum absolute atomic E-state index is 2.34. The molecule has 0 amide bonds. The summed E-state index contributed by atoms with van der Waals surface area (Å²) in [6.45, 7) is 6.94. The summed E-state index contributed by atoms with van der Waals surface area (Å²) in [5, 5.41) is 2.93. The third kappa shape index (κ3) is 5.48. The first kappa shape index (κ1) is 15.1. The molecule has 98 valence electrons. The molecule has 2 heteroatoms. The number of unbranched alkanes of at least 4 members (excludes halogenated alkanes) is 1. The van der Waals surface area contributed by atoms with E-state index in [2.05, 4.69) is 50.0 Å². The number of hydrogen-bond acceptors (Lipinski definition) is 2. The van der Waals surface area contributed by atoms with Crippen molar-refractivity contribution in [2.45, 2.75) is 58.1 Å². The van der Waals surface area contributed by atoms with Crippen LogP contribution in [0, 0.1) is 5.92 Å². The monoisotopic (exact) mass is 270 g/mol. The van der Waals surface area contributed by atoms with Gasteiger partial charge in [0.25, 0.3) is 0 Å². The Morgan fingerprint density at radius 2 is 2.06 bits per heavy atom. The maximum Gasteiger partial charge on any atom is 0.0388 e. The Bertz CT molecular complexity index is 266. The standard InChI is InChI=1S/C15H26S2/c1-4-7-9-13(5-2)12-17-14(6-3)15-10-8-11-16-15/h8,10-11,13-14H,4-7,9,12H2,1-3H3. The third-order valence-corrected chi connectivity index (χ3v) is 6.10. The van der Waals surface area contributed by atoms with Gasteiger partial charge in [0.15, 0.2) is 0 Å². The van der Waals surface area contributed by atoms with Crippen LogP contribution in [0.3, 0.4) is 0 Å². The van der Waals surface area contributed by atoms with Gasteiger partial charge in [0, 0.05) is 10.1 Å². The summed E-state index contributed by atoms with van der Waals surface area (Å²) in [5.74, 6) is 2.27. The molecule has 0 fully saturated rings. The third-order valence-electron chi connectivity index (χ3n) is 3.31. The van der Waals surface area contributed by atoms with Crippen LogP contribution >= 0.6 is 23.1 Å². The quantitative estimate of drug-likeness (QED) is 0.518. The first-order valence-corrected chi connectivity index (χ1v) is 8.89. The van der Waals surface area contributed by atoms with E-state index in [9.17, 15) is 0 Å². The van der Waals surface area contributed by atoms with Gasteiger partial charge in [-0.2, -0.15) is 11.8 Å². The van der Waals surface area contributed by atoms with Crippen molar-refractivity contribution < 1.29 is 0 Å². The predicted octanol–water partition coefficient (Wildman–Crippen LogP) is 6.15. The molecule has 1 heterocycles. The molecule has 1 aromatic heterocycles. The minimum absolute atomic E-state index is 0.727. The number of hydrogen-bond donors (Lipinski definition) is 0. The highest BCUT2D eigenvalue weighted by molar-refractivity contribution is 7.99. The van der Waals surface area contributed by atoms with Gasteiger partial charge in [-0.05, 0) is 36.0 Å². The average Bonchev–Trinajstić information content (AvgIpc) is 2.87. The molecule has 0 aliphatic rings. The van der Waals surface area contributed by atoms with Crippen molar-refractivity contribution in [3.05, 3.63) is 22.4 Å². The van der Waals surface area contributed by atoms with E-state index in [0.29, 0.717) is 0 Å². The van der Waals surface area contributed by atoms with Crippen LogP contribution in [0.5, 0.6) is 0 Å². The van der Waals surface area contributed by atoms with Gasteiger partial charge in [0.1, 0.15) is 0 Å². The van der Waals surface area contributed by atoms with Crippen LogP contribution in [0.15, 0.2) is 17.5 Å². The molecule has 1 rings (SSSR count). The summed E-state index contributed by atoms with van der Waals surface area (Å²) >= 11 is 4.08. The van der Waals surface area contributed by atoms with E-state index in [1.807, 2.05) is 11.3 Å². The fraction of sp³-hybridized carbons (Fsp3) is 0.733. The lowest BCUT2D eigenvalue weighted by Crippen LogP contribution is -2.04. The zero-order valence-electron chi connectivity index (χ0n) is 11.4. The molecule has 0 saturated carbocycles. The van der Waals surface area contributed by atoms with Crippen molar-refractivity contribution in [1.82, 2.24) is 0 Å². The smallest absolute Gasteiger partial charge is 0.0388 e. The SMILES string of the molecule is CCCCC(CC)CSC(CC)c1cccs1. The Morgan fingerprint density at radius 3 is 2.59 bits per heavy atom. The minimum Gasteiger partial charge on any atom is -0.153 e. The molecule has 0 aromatic carbocycles. The van der Waals surface area contributed by atoms with Crippen LogP contribution in [-0.4, -0.2) is 5.75 Å². The summed E-state index contributed by atoms with van der Waals surface area (Å²) in [7, 11) is 0. The van der Waals surface area contributed by atoms with Crippen LogP contribution in [0.25, 0.3) is 0 Å². The average molecular weight is 271 g/mol. The first-order chi connectivity index (χ1) is 8.31. The van der Waals surface area contributed by atoms with E-state index in [1.165, 1.54) is 37.9 Å². The lowest BCUT2D eigenvalue weighted by molar-refractivity contribution is 0.499. The van der Waals surface area contributed by atoms with Crippen LogP contribution < -0.4 is 0 Å². The normalized spacial score (nSPS) is 14.8. The Hall–Kier alpha value is 0.0500. The van der Waals surface area contributed by atoms with E-state index in [0.717, 1.165) is 11.2 Å². The van der Waals surface area contributed by atoms with Crippen molar-refractivity contribution in [3.8, 4) is 0 Å². The zero-order valence-corrected chi connectivity index (χ0v) is 13.1. The summed E-state index contributed by atoms with van der Waals surface area (Å²) in [4.78, 5) is 1.56. The minimum atomic E-state index is 0.727. The molecule has 0 spiro atoms. The van der Waals surface area contributed by atoms with Crippen LogP contribution in [-0.2, 0) is 0 Å². The summed E-state index contributed by atoms with van der Waals surface area (Å²) < 4.78 is 0. The first-order valence-electron chi connectivity index (χ1n) is 6.96. The Labute approximate surface area is 115 Å². The molecule has 0 bridgehead atoms. The van der Waals surface area contributed by atoms with Gasteiger partial charge in [0.05, 0.1) is 0 Å². The molecule has 2 unspecified atom stereocenters. The van der Waals surface area contributed by atoms with E-state index in [4.69, 9.17) is 0 Å². The molecule has 0 aliphatic heterocycles. The molecule has 2 atom stereocenters. The maximum atomic E-state index is 2.34. The van der Waals surface area contributed by atoms with Crippen LogP contribution in [0.4, 0.5) is 0 Å². The van der Waals surface area contributed by atoms with E-state index >= 15 is 0 Å². The van der Waals surface area contributed by atoms with Crippen molar-refractivity contribution in [3.63, 3.8) is 0 Å². The van der Waals surface area contributed by atoms with Gasteiger partial charge in [0.2, 0.25) is 0 Å². The Balaban J connectivity index is 2.35. The number of thioether (sulfide) groups is 1. The van der Waals surface area contributed by atoms with Gasteiger partial charge in [-0.25, -0.2) is 0 Å². The predicted molar refractivity (Wildman–Crippen MR) is 83.1 cm³/mol. The molecule has 0 radical (unpaired) electrons. The number of thiophene rings is 1. The van der Waals surface area contributed by atoms with Gasteiger partial charge in [-0.1, -0.05) is 46.1 Å². The van der Waals surface area contributed by atoms with E-state index in [1.54, 1.807) is 4.88 Å². The molecule has 0 saturated heterocycles. The van der Waals surface area contributed by atoms with Gasteiger partial charge >= 0.3 is 0 Å². The molecule has 1 aromatic rings. The molecule has 0 N–H and O–H groups in total. The van der Waals surface area contributed by atoms with Gasteiger partial charge in [-0.15, -0.1) is 11.3 Å². The molecular formula is C15H26S2. The molecular weight excluding hydrogens is 244 g/mol. The van der Waals surface area contributed by atoms with Crippen LogP contribution in [0.2, 0.25) is 0 Å². The molecule has 0 aliphatic carbocycles. The zero-order chi connectivity index (χ0) is 12.5. The lowest BCUT2D eigenvalue weighted by Gasteiger charge is -2.18. The second kappa shape index (κ2) is 9.04. The Morgan fingerprint density at radius 1 is 1.24 bits per heavy atom. The highest BCUT2D eigenvalue weighted by atomic mass is 32.2. The fourth-order valence-corrected chi connectivity index (χ4v) is 4.57. The van der Waals surface area contributed by atoms with Gasteiger partial charge < -0.3 is 0 Å². The second-order valence-electron chi connectivity index (χ2n) is 4.66. The van der Waals surface area contributed by atoms with Crippen molar-refractivity contribution in [2.24, 2.45) is 5.92 Å². The fourth-order valence-electron chi connectivity index (χ4n) is 2.03. The van der Waals surface area contributed by atoms with Gasteiger partial charge in [-0.3, -0.25) is 0 Å². The summed E-state index contributed by atoms with van der Waals surface area (Å²) in [6, 6.07) is 4.47. The van der Waals surface area contributed by atoms with Crippen molar-refractivity contribution >= 4 is 23.1 Å². The topological polar surface area (TPSA) is 0 Å². The largest absolute Gasteiger partial charge is 0.153 e. The van der Waals surface area contributed by atoms with Crippen molar-refractivity contribution in [1.29, 1.82) is 0 Å². The molecule has 0 nitrogen and oxygen atoms in total. The second-order valence-corrected chi connectivity index (χ2v) is 6.88. The summed E-state index contributed by atoms with van der Waals surface area (Å²) in [6.07, 6.45) is 6.75. The highest BCUT2D eigenvalue weighted by Crippen LogP contribution is 2.36. The highest BCUT2D eigenvalue weighted by Gasteiger charge is 2.14. The molecule has 17 heavy (non-hydrogen) atoms. The summed E-state index contributed by atoms with van der Waals surface area (Å²) in [5.41, 5.74) is 0. The number of rotatable bonds is 9. The van der Waals surface area contributed by atoms with Crippen LogP contribution in [0.1, 0.15) is 63.0 Å². The Kier molecular flexibility index (Phi) is 8.04. The van der Waals surface area contributed by atoms with E-state index in [-0.39, 0.29) is 0 Å². The van der Waals surface area contributed by atoms with E-state index < -0.39 is 0 Å². The lowest BCUT2D eigenvalue weighted by atomic mass is 10.0.